The summed E-state index contributed by atoms with van der Waals surface area (Å²) in [5.74, 6) is -23.0. The van der Waals surface area contributed by atoms with Gasteiger partial charge in [-0.25, -0.2) is 14.0 Å². The molecular formula is C33H28F13O4S+. The lowest BCUT2D eigenvalue weighted by atomic mass is 9.88. The van der Waals surface area contributed by atoms with E-state index in [9.17, 15) is 66.7 Å². The van der Waals surface area contributed by atoms with Gasteiger partial charge in [0, 0.05) is 12.5 Å². The summed E-state index contributed by atoms with van der Waals surface area (Å²) in [5, 5.41) is 0. The SMILES string of the molecule is C=C(C)C(=O)OCC(CC(F)(F)C(F)(F)C(F)(C(F)(F)F)C(F)(F)F)OC(=O)C(C)(F)F.c1ccc([S+](c2ccccc2)c2ccccc2)cc1. The summed E-state index contributed by atoms with van der Waals surface area (Å²) in [7, 11) is -0.0146. The fourth-order valence-electron chi connectivity index (χ4n) is 3.94. The monoisotopic (exact) mass is 767 g/mol. The van der Waals surface area contributed by atoms with E-state index in [0.717, 1.165) is 6.92 Å². The Labute approximate surface area is 285 Å². The lowest BCUT2D eigenvalue weighted by Gasteiger charge is -2.40. The number of halogens is 13. The van der Waals surface area contributed by atoms with E-state index < -0.39 is 72.4 Å². The fraction of sp³-hybridized carbons (Fsp3) is 0.333. The van der Waals surface area contributed by atoms with Crippen molar-refractivity contribution in [3.05, 3.63) is 103 Å². The number of ether oxygens (including phenoxy) is 2. The topological polar surface area (TPSA) is 52.6 Å². The van der Waals surface area contributed by atoms with Gasteiger partial charge < -0.3 is 9.47 Å². The van der Waals surface area contributed by atoms with Gasteiger partial charge in [0.25, 0.3) is 0 Å². The predicted octanol–water partition coefficient (Wildman–Crippen LogP) is 9.95. The Kier molecular flexibility index (Phi) is 13.8. The van der Waals surface area contributed by atoms with Gasteiger partial charge in [0.15, 0.2) is 14.7 Å². The highest BCUT2D eigenvalue weighted by Crippen LogP contribution is 2.60. The Morgan fingerprint density at radius 1 is 0.667 bits per heavy atom. The van der Waals surface area contributed by atoms with Crippen LogP contribution in [0.3, 0.4) is 0 Å². The summed E-state index contributed by atoms with van der Waals surface area (Å²) in [5.41, 5.74) is -8.31. The summed E-state index contributed by atoms with van der Waals surface area (Å²) < 4.78 is 177. The van der Waals surface area contributed by atoms with Crippen molar-refractivity contribution in [1.82, 2.24) is 0 Å². The lowest BCUT2D eigenvalue weighted by Crippen LogP contribution is -2.70. The van der Waals surface area contributed by atoms with Crippen LogP contribution in [0.25, 0.3) is 0 Å². The third kappa shape index (κ3) is 10.4. The molecule has 0 aliphatic heterocycles. The van der Waals surface area contributed by atoms with Crippen molar-refractivity contribution >= 4 is 22.8 Å². The Morgan fingerprint density at radius 3 is 1.31 bits per heavy atom. The Balaban J connectivity index is 0.000000397. The third-order valence-electron chi connectivity index (χ3n) is 6.47. The van der Waals surface area contributed by atoms with E-state index in [1.54, 1.807) is 0 Å². The summed E-state index contributed by atoms with van der Waals surface area (Å²) >= 11 is 0. The zero-order chi connectivity index (χ0) is 39.1. The lowest BCUT2D eigenvalue weighted by molar-refractivity contribution is -0.428. The van der Waals surface area contributed by atoms with Gasteiger partial charge in [-0.3, -0.25) is 0 Å². The molecule has 0 fully saturated rings. The minimum absolute atomic E-state index is 0.0146. The first-order valence-corrected chi connectivity index (χ1v) is 15.4. The number of rotatable bonds is 12. The number of alkyl halides is 13. The predicted molar refractivity (Wildman–Crippen MR) is 158 cm³/mol. The molecule has 0 saturated carbocycles. The molecule has 280 valence electrons. The number of hydrogen-bond donors (Lipinski definition) is 0. The van der Waals surface area contributed by atoms with Gasteiger partial charge in [-0.05, 0) is 43.3 Å². The number of carbonyl (C=O) groups is 2. The normalized spacial score (nSPS) is 13.5. The molecule has 18 heteroatoms. The van der Waals surface area contributed by atoms with Gasteiger partial charge >= 0.3 is 47.7 Å². The molecule has 3 aromatic carbocycles. The van der Waals surface area contributed by atoms with Crippen LogP contribution in [0.1, 0.15) is 20.3 Å². The highest BCUT2D eigenvalue weighted by molar-refractivity contribution is 7.97. The average Bonchev–Trinajstić information content (AvgIpc) is 3.03. The number of carbonyl (C=O) groups excluding carboxylic acids is 2. The molecule has 1 atom stereocenters. The van der Waals surface area contributed by atoms with Gasteiger partial charge in [0.2, 0.25) is 0 Å². The van der Waals surface area contributed by atoms with Crippen molar-refractivity contribution in [1.29, 1.82) is 0 Å². The molecule has 4 nitrogen and oxygen atoms in total. The molecule has 0 amide bonds. The zero-order valence-electron chi connectivity index (χ0n) is 26.3. The average molecular weight is 768 g/mol. The first-order chi connectivity index (χ1) is 23.3. The third-order valence-corrected chi connectivity index (χ3v) is 8.71. The summed E-state index contributed by atoms with van der Waals surface area (Å²) in [4.78, 5) is 26.4. The Hall–Kier alpha value is -4.22. The maximum absolute atomic E-state index is 13.9. The molecule has 3 aromatic rings. The maximum atomic E-state index is 13.9. The van der Waals surface area contributed by atoms with Crippen LogP contribution in [0.5, 0.6) is 0 Å². The smallest absolute Gasteiger partial charge is 0.438 e. The minimum Gasteiger partial charge on any atom is -0.458 e. The molecular weight excluding hydrogens is 739 g/mol. The van der Waals surface area contributed by atoms with E-state index in [0.29, 0.717) is 0 Å². The van der Waals surface area contributed by atoms with Gasteiger partial charge in [0.1, 0.15) is 12.7 Å². The summed E-state index contributed by atoms with van der Waals surface area (Å²) in [6.07, 6.45) is -21.5. The summed E-state index contributed by atoms with van der Waals surface area (Å²) in [6, 6.07) is 32.2. The standard InChI is InChI=1S/C18H15S.C15H13F13O4/c1-4-10-16(11-5-1)19(17-12-6-2-7-13-17)18-14-8-3-9-15-18;1-6(2)8(29)31-5-7(32-9(30)10(3,16)17)4-11(18,19)13(21,22)12(20,14(23,24)25)15(26,27)28/h1-15H;7H,1,4-5H2,2-3H3/q+1;. The number of hydrogen-bond acceptors (Lipinski definition) is 4. The first-order valence-electron chi connectivity index (χ1n) is 14.2. The highest BCUT2D eigenvalue weighted by atomic mass is 32.2. The molecule has 0 heterocycles. The molecule has 0 N–H and O–H groups in total. The maximum Gasteiger partial charge on any atom is 0.438 e. The van der Waals surface area contributed by atoms with E-state index >= 15 is 0 Å². The molecule has 0 saturated heterocycles. The van der Waals surface area contributed by atoms with E-state index in [-0.39, 0.29) is 17.8 Å². The van der Waals surface area contributed by atoms with Crippen LogP contribution in [0.4, 0.5) is 57.1 Å². The van der Waals surface area contributed by atoms with E-state index in [4.69, 9.17) is 0 Å². The Morgan fingerprint density at radius 2 is 1.02 bits per heavy atom. The quantitative estimate of drug-likeness (QED) is 0.0798. The van der Waals surface area contributed by atoms with E-state index in [1.807, 2.05) is 0 Å². The van der Waals surface area contributed by atoms with Crippen molar-refractivity contribution in [2.24, 2.45) is 0 Å². The number of esters is 2. The minimum atomic E-state index is -7.80. The molecule has 0 spiro atoms. The molecule has 0 radical (unpaired) electrons. The van der Waals surface area contributed by atoms with Crippen LogP contribution in [0, 0.1) is 0 Å². The van der Waals surface area contributed by atoms with Gasteiger partial charge in [-0.2, -0.15) is 52.7 Å². The van der Waals surface area contributed by atoms with Crippen molar-refractivity contribution in [3.8, 4) is 0 Å². The molecule has 0 aromatic heterocycles. The van der Waals surface area contributed by atoms with Gasteiger partial charge in [-0.15, -0.1) is 0 Å². The molecule has 1 unspecified atom stereocenters. The van der Waals surface area contributed by atoms with Crippen molar-refractivity contribution < 1.29 is 76.1 Å². The van der Waals surface area contributed by atoms with E-state index in [2.05, 4.69) is 107 Å². The number of benzene rings is 3. The van der Waals surface area contributed by atoms with Gasteiger partial charge in [0.05, 0.1) is 17.3 Å². The molecule has 0 bridgehead atoms. The van der Waals surface area contributed by atoms with E-state index in [1.165, 1.54) is 14.7 Å². The highest BCUT2D eigenvalue weighted by Gasteiger charge is 2.90. The van der Waals surface area contributed by atoms with Crippen molar-refractivity contribution in [3.63, 3.8) is 0 Å². The molecule has 3 rings (SSSR count). The van der Waals surface area contributed by atoms with Crippen molar-refractivity contribution in [2.75, 3.05) is 6.61 Å². The van der Waals surface area contributed by atoms with Crippen LogP contribution in [-0.4, -0.2) is 60.4 Å². The summed E-state index contributed by atoms with van der Waals surface area (Å²) in [6.45, 7) is 1.89. The Bertz CT molecular complexity index is 1480. The first kappa shape index (κ1) is 42.9. The largest absolute Gasteiger partial charge is 0.458 e. The zero-order valence-corrected chi connectivity index (χ0v) is 27.1. The van der Waals surface area contributed by atoms with Crippen LogP contribution < -0.4 is 0 Å². The molecule has 51 heavy (non-hydrogen) atoms. The second-order valence-electron chi connectivity index (χ2n) is 10.7. The van der Waals surface area contributed by atoms with Gasteiger partial charge in [-0.1, -0.05) is 61.2 Å². The van der Waals surface area contributed by atoms with Crippen LogP contribution in [0.15, 0.2) is 118 Å². The molecule has 0 aliphatic carbocycles. The second kappa shape index (κ2) is 16.4. The fourth-order valence-corrected chi connectivity index (χ4v) is 6.05. The second-order valence-corrected chi connectivity index (χ2v) is 12.7. The molecule has 0 aliphatic rings. The van der Waals surface area contributed by atoms with Crippen molar-refractivity contribution in [2.45, 2.75) is 76.8 Å². The van der Waals surface area contributed by atoms with Crippen LogP contribution in [0.2, 0.25) is 0 Å². The van der Waals surface area contributed by atoms with Crippen LogP contribution >= 0.6 is 0 Å². The van der Waals surface area contributed by atoms with Crippen LogP contribution in [-0.2, 0) is 30.0 Å².